The zero-order valence-electron chi connectivity index (χ0n) is 14.4. The van der Waals surface area contributed by atoms with Gasteiger partial charge < -0.3 is 5.32 Å². The number of carbonyl (C=O) groups is 1. The highest BCUT2D eigenvalue weighted by atomic mass is 32.2. The lowest BCUT2D eigenvalue weighted by molar-refractivity contribution is -0.124. The van der Waals surface area contributed by atoms with E-state index in [0.29, 0.717) is 5.75 Å². The third kappa shape index (κ3) is 2.79. The van der Waals surface area contributed by atoms with Crippen LogP contribution in [0.25, 0.3) is 0 Å². The molecule has 0 saturated heterocycles. The van der Waals surface area contributed by atoms with Crippen molar-refractivity contribution in [1.29, 1.82) is 0 Å². The highest BCUT2D eigenvalue weighted by Crippen LogP contribution is 2.55. The van der Waals surface area contributed by atoms with Gasteiger partial charge in [-0.1, -0.05) is 6.07 Å². The fraction of sp³-hybridized carbons (Fsp3) is 0.667. The summed E-state index contributed by atoms with van der Waals surface area (Å²) in [5.41, 5.74) is 3.17. The number of benzene rings is 1. The molecule has 5 aliphatic rings. The van der Waals surface area contributed by atoms with Crippen molar-refractivity contribution in [3.63, 3.8) is 0 Å². The molecule has 0 aliphatic heterocycles. The van der Waals surface area contributed by atoms with Crippen molar-refractivity contribution in [3.05, 3.63) is 29.3 Å². The van der Waals surface area contributed by atoms with Crippen LogP contribution in [0, 0.1) is 17.8 Å². The van der Waals surface area contributed by atoms with Gasteiger partial charge in [-0.2, -0.15) is 0 Å². The molecular formula is C21H27NOS. The van der Waals surface area contributed by atoms with Crippen LogP contribution < -0.4 is 5.32 Å². The van der Waals surface area contributed by atoms with Gasteiger partial charge in [0.25, 0.3) is 0 Å². The molecule has 24 heavy (non-hydrogen) atoms. The Bertz CT molecular complexity index is 633. The molecule has 0 spiro atoms. The SMILES string of the molecule is O=C(CSc1ccc2c(c1)CCC2)NC12CC3CC(CC(C3)C1)C2. The normalized spacial score (nSPS) is 35.9. The Morgan fingerprint density at radius 3 is 2.42 bits per heavy atom. The summed E-state index contributed by atoms with van der Waals surface area (Å²) in [5.74, 6) is 3.49. The van der Waals surface area contributed by atoms with E-state index in [1.54, 1.807) is 11.8 Å². The minimum atomic E-state index is 0.157. The summed E-state index contributed by atoms with van der Waals surface area (Å²) in [5, 5.41) is 3.49. The van der Waals surface area contributed by atoms with Crippen LogP contribution in [0.5, 0.6) is 0 Å². The van der Waals surface area contributed by atoms with Crippen LogP contribution in [-0.2, 0) is 17.6 Å². The summed E-state index contributed by atoms with van der Waals surface area (Å²) in [6, 6.07) is 6.78. The Hall–Kier alpha value is -0.960. The Labute approximate surface area is 149 Å². The minimum absolute atomic E-state index is 0.157. The highest BCUT2D eigenvalue weighted by molar-refractivity contribution is 8.00. The van der Waals surface area contributed by atoms with E-state index in [4.69, 9.17) is 0 Å². The average Bonchev–Trinajstić information content (AvgIpc) is 2.98. The van der Waals surface area contributed by atoms with Gasteiger partial charge in [-0.05, 0) is 98.8 Å². The first-order valence-corrected chi connectivity index (χ1v) is 10.7. The molecule has 1 aromatic carbocycles. The number of rotatable bonds is 4. The maximum Gasteiger partial charge on any atom is 0.230 e. The Kier molecular flexibility index (Phi) is 3.69. The van der Waals surface area contributed by atoms with E-state index >= 15 is 0 Å². The van der Waals surface area contributed by atoms with E-state index in [-0.39, 0.29) is 11.4 Å². The lowest BCUT2D eigenvalue weighted by Crippen LogP contribution is -2.60. The largest absolute Gasteiger partial charge is 0.350 e. The van der Waals surface area contributed by atoms with Crippen molar-refractivity contribution in [2.75, 3.05) is 5.75 Å². The Balaban J connectivity index is 1.21. The number of nitrogens with one attached hydrogen (secondary N) is 1. The molecule has 1 aromatic rings. The second kappa shape index (κ2) is 5.79. The maximum atomic E-state index is 12.6. The summed E-state index contributed by atoms with van der Waals surface area (Å²) >= 11 is 1.71. The number of carbonyl (C=O) groups excluding carboxylic acids is 1. The molecule has 4 bridgehead atoms. The van der Waals surface area contributed by atoms with E-state index in [1.165, 1.54) is 73.8 Å². The van der Waals surface area contributed by atoms with Crippen LogP contribution >= 0.6 is 11.8 Å². The third-order valence-corrected chi connectivity index (χ3v) is 7.88. The second-order valence-corrected chi connectivity index (χ2v) is 9.87. The summed E-state index contributed by atoms with van der Waals surface area (Å²) < 4.78 is 0. The van der Waals surface area contributed by atoms with Crippen molar-refractivity contribution in [3.8, 4) is 0 Å². The number of hydrogen-bond acceptors (Lipinski definition) is 2. The molecule has 0 unspecified atom stereocenters. The number of aryl methyl sites for hydroxylation is 2. The summed E-state index contributed by atoms with van der Waals surface area (Å²) in [6.07, 6.45) is 11.7. The van der Waals surface area contributed by atoms with Crippen molar-refractivity contribution >= 4 is 17.7 Å². The van der Waals surface area contributed by atoms with E-state index in [1.807, 2.05) is 0 Å². The van der Waals surface area contributed by atoms with E-state index in [0.717, 1.165) is 17.8 Å². The van der Waals surface area contributed by atoms with Gasteiger partial charge in [0.1, 0.15) is 0 Å². The van der Waals surface area contributed by atoms with Gasteiger partial charge in [-0.3, -0.25) is 4.79 Å². The van der Waals surface area contributed by atoms with Gasteiger partial charge in [0.15, 0.2) is 0 Å². The maximum absolute atomic E-state index is 12.6. The molecule has 6 rings (SSSR count). The first-order valence-electron chi connectivity index (χ1n) is 9.73. The first-order chi connectivity index (χ1) is 11.7. The van der Waals surface area contributed by atoms with Crippen molar-refractivity contribution < 1.29 is 4.79 Å². The smallest absolute Gasteiger partial charge is 0.230 e. The van der Waals surface area contributed by atoms with Gasteiger partial charge in [0.2, 0.25) is 5.91 Å². The monoisotopic (exact) mass is 341 g/mol. The van der Waals surface area contributed by atoms with Crippen molar-refractivity contribution in [1.82, 2.24) is 5.32 Å². The van der Waals surface area contributed by atoms with Gasteiger partial charge in [-0.25, -0.2) is 0 Å². The molecule has 1 N–H and O–H groups in total. The van der Waals surface area contributed by atoms with Crippen LogP contribution in [-0.4, -0.2) is 17.2 Å². The van der Waals surface area contributed by atoms with Crippen LogP contribution in [0.3, 0.4) is 0 Å². The lowest BCUT2D eigenvalue weighted by atomic mass is 9.53. The molecule has 0 heterocycles. The zero-order chi connectivity index (χ0) is 16.1. The van der Waals surface area contributed by atoms with Gasteiger partial charge >= 0.3 is 0 Å². The zero-order valence-corrected chi connectivity index (χ0v) is 15.2. The predicted octanol–water partition coefficient (Wildman–Crippen LogP) is 4.35. The molecule has 4 saturated carbocycles. The van der Waals surface area contributed by atoms with E-state index < -0.39 is 0 Å². The standard InChI is InChI=1S/C21H27NOS/c23-20(13-24-19-5-4-17-2-1-3-18(17)9-19)22-21-10-14-6-15(11-21)8-16(7-14)12-21/h4-5,9,14-16H,1-3,6-8,10-13H2,(H,22,23). The number of thioether (sulfide) groups is 1. The number of amides is 1. The van der Waals surface area contributed by atoms with Crippen LogP contribution in [0.4, 0.5) is 0 Å². The summed E-state index contributed by atoms with van der Waals surface area (Å²) in [4.78, 5) is 13.9. The molecular weight excluding hydrogens is 314 g/mol. The summed E-state index contributed by atoms with van der Waals surface area (Å²) in [7, 11) is 0. The molecule has 1 amide bonds. The minimum Gasteiger partial charge on any atom is -0.350 e. The van der Waals surface area contributed by atoms with E-state index in [2.05, 4.69) is 23.5 Å². The fourth-order valence-electron chi connectivity index (χ4n) is 6.38. The van der Waals surface area contributed by atoms with Crippen molar-refractivity contribution in [2.45, 2.75) is 68.2 Å². The topological polar surface area (TPSA) is 29.1 Å². The number of fused-ring (bicyclic) bond motifs is 1. The Morgan fingerprint density at radius 1 is 1.04 bits per heavy atom. The van der Waals surface area contributed by atoms with Gasteiger partial charge in [-0.15, -0.1) is 11.8 Å². The third-order valence-electron chi connectivity index (χ3n) is 6.88. The molecule has 2 nitrogen and oxygen atoms in total. The predicted molar refractivity (Wildman–Crippen MR) is 98.2 cm³/mol. The van der Waals surface area contributed by atoms with Crippen LogP contribution in [0.15, 0.2) is 23.1 Å². The van der Waals surface area contributed by atoms with Gasteiger partial charge in [0, 0.05) is 10.4 Å². The molecule has 128 valence electrons. The Morgan fingerprint density at radius 2 is 1.71 bits per heavy atom. The highest BCUT2D eigenvalue weighted by Gasteiger charge is 2.51. The second-order valence-electron chi connectivity index (χ2n) is 8.82. The first kappa shape index (κ1) is 15.3. The van der Waals surface area contributed by atoms with Crippen LogP contribution in [0.1, 0.15) is 56.1 Å². The molecule has 0 aromatic heterocycles. The quantitative estimate of drug-likeness (QED) is 0.825. The average molecular weight is 342 g/mol. The molecule has 0 atom stereocenters. The molecule has 0 radical (unpaired) electrons. The molecule has 3 heteroatoms. The fourth-order valence-corrected chi connectivity index (χ4v) is 7.14. The lowest BCUT2D eigenvalue weighted by Gasteiger charge is -2.56. The van der Waals surface area contributed by atoms with E-state index in [9.17, 15) is 4.79 Å². The molecule has 5 aliphatic carbocycles. The number of hydrogen-bond donors (Lipinski definition) is 1. The van der Waals surface area contributed by atoms with Gasteiger partial charge in [0.05, 0.1) is 5.75 Å². The summed E-state index contributed by atoms with van der Waals surface area (Å²) in [6.45, 7) is 0. The van der Waals surface area contributed by atoms with Crippen LogP contribution in [0.2, 0.25) is 0 Å². The van der Waals surface area contributed by atoms with Crippen molar-refractivity contribution in [2.24, 2.45) is 17.8 Å². The molecule has 4 fully saturated rings.